The van der Waals surface area contributed by atoms with Gasteiger partial charge in [-0.1, -0.05) is 182 Å². The van der Waals surface area contributed by atoms with Crippen LogP contribution in [-0.2, 0) is 49.1 Å². The molecular formula is C45H42O5. The molecule has 1 heterocycles. The van der Waals surface area contributed by atoms with Crippen LogP contribution in [0.25, 0.3) is 0 Å². The molecule has 50 heavy (non-hydrogen) atoms. The summed E-state index contributed by atoms with van der Waals surface area (Å²) in [4.78, 5) is 0. The fraction of sp³-hybridized carbons (Fsp3) is 0.200. The summed E-state index contributed by atoms with van der Waals surface area (Å²) in [6, 6.07) is 61.6. The van der Waals surface area contributed by atoms with Gasteiger partial charge in [0.1, 0.15) is 23.9 Å². The minimum Gasteiger partial charge on any atom is -0.368 e. The van der Waals surface area contributed by atoms with E-state index in [2.05, 4.69) is 97.1 Å². The minimum absolute atomic E-state index is 0.217. The molecule has 0 aliphatic carbocycles. The molecule has 1 fully saturated rings. The SMILES string of the molecule is c1ccc(COC2OC(COC(c3ccccc3)(c3ccccc3)c3ccccc3)C(OCc3ccccc3)C2OCc2ccccc2)cc1. The van der Waals surface area contributed by atoms with E-state index in [1.165, 1.54) is 0 Å². The van der Waals surface area contributed by atoms with E-state index in [-0.39, 0.29) is 6.61 Å². The molecule has 4 unspecified atom stereocenters. The normalized spacial score (nSPS) is 19.0. The van der Waals surface area contributed by atoms with E-state index in [4.69, 9.17) is 23.7 Å². The lowest BCUT2D eigenvalue weighted by Crippen LogP contribution is -2.42. The third-order valence-corrected chi connectivity index (χ3v) is 9.10. The number of benzene rings is 6. The van der Waals surface area contributed by atoms with E-state index >= 15 is 0 Å². The molecule has 1 aliphatic rings. The molecule has 4 atom stereocenters. The van der Waals surface area contributed by atoms with Crippen molar-refractivity contribution in [3.63, 3.8) is 0 Å². The number of rotatable bonds is 15. The van der Waals surface area contributed by atoms with Gasteiger partial charge in [-0.25, -0.2) is 0 Å². The van der Waals surface area contributed by atoms with Gasteiger partial charge in [-0.2, -0.15) is 0 Å². The number of hydrogen-bond donors (Lipinski definition) is 0. The molecule has 5 heteroatoms. The van der Waals surface area contributed by atoms with Crippen LogP contribution in [0.15, 0.2) is 182 Å². The highest BCUT2D eigenvalue weighted by molar-refractivity contribution is 5.47. The quantitative estimate of drug-likeness (QED) is 0.103. The maximum absolute atomic E-state index is 7.26. The van der Waals surface area contributed by atoms with E-state index < -0.39 is 30.2 Å². The van der Waals surface area contributed by atoms with Gasteiger partial charge in [0.2, 0.25) is 0 Å². The monoisotopic (exact) mass is 662 g/mol. The van der Waals surface area contributed by atoms with Crippen LogP contribution in [0, 0.1) is 0 Å². The maximum atomic E-state index is 7.26. The van der Waals surface area contributed by atoms with Crippen molar-refractivity contribution in [2.24, 2.45) is 0 Å². The van der Waals surface area contributed by atoms with Gasteiger partial charge in [0, 0.05) is 0 Å². The van der Waals surface area contributed by atoms with Gasteiger partial charge in [0.25, 0.3) is 0 Å². The van der Waals surface area contributed by atoms with E-state index in [0.717, 1.165) is 33.4 Å². The van der Waals surface area contributed by atoms with Crippen molar-refractivity contribution in [2.75, 3.05) is 6.61 Å². The highest BCUT2D eigenvalue weighted by Gasteiger charge is 2.49. The first-order chi connectivity index (χ1) is 24.8. The summed E-state index contributed by atoms with van der Waals surface area (Å²) in [5, 5.41) is 0. The third kappa shape index (κ3) is 7.95. The molecule has 0 bridgehead atoms. The average molecular weight is 663 g/mol. The van der Waals surface area contributed by atoms with Crippen LogP contribution in [0.2, 0.25) is 0 Å². The first kappa shape index (κ1) is 33.6. The topological polar surface area (TPSA) is 46.2 Å². The van der Waals surface area contributed by atoms with E-state index in [1.54, 1.807) is 0 Å². The molecule has 0 saturated carbocycles. The Bertz CT molecular complexity index is 1740. The van der Waals surface area contributed by atoms with Gasteiger partial charge in [-0.15, -0.1) is 0 Å². The zero-order valence-electron chi connectivity index (χ0n) is 28.0. The molecule has 1 saturated heterocycles. The molecule has 0 N–H and O–H groups in total. The Morgan fingerprint density at radius 2 is 0.740 bits per heavy atom. The molecule has 0 radical (unpaired) electrons. The Morgan fingerprint density at radius 1 is 0.400 bits per heavy atom. The van der Waals surface area contributed by atoms with Crippen LogP contribution < -0.4 is 0 Å². The van der Waals surface area contributed by atoms with Gasteiger partial charge in [0.05, 0.1) is 26.4 Å². The van der Waals surface area contributed by atoms with Crippen LogP contribution in [0.3, 0.4) is 0 Å². The van der Waals surface area contributed by atoms with E-state index in [0.29, 0.717) is 19.8 Å². The molecule has 1 aliphatic heterocycles. The second kappa shape index (κ2) is 16.7. The van der Waals surface area contributed by atoms with Crippen molar-refractivity contribution < 1.29 is 23.7 Å². The van der Waals surface area contributed by atoms with E-state index in [9.17, 15) is 0 Å². The fourth-order valence-electron chi connectivity index (χ4n) is 6.60. The van der Waals surface area contributed by atoms with Crippen molar-refractivity contribution in [2.45, 2.75) is 50.0 Å². The Morgan fingerprint density at radius 3 is 1.14 bits per heavy atom. The molecular weight excluding hydrogens is 620 g/mol. The summed E-state index contributed by atoms with van der Waals surface area (Å²) >= 11 is 0. The molecule has 5 nitrogen and oxygen atoms in total. The summed E-state index contributed by atoms with van der Waals surface area (Å²) in [6.07, 6.45) is -2.20. The van der Waals surface area contributed by atoms with Crippen LogP contribution >= 0.6 is 0 Å². The predicted octanol–water partition coefficient (Wildman–Crippen LogP) is 9.11. The lowest BCUT2D eigenvalue weighted by Gasteiger charge is -2.37. The highest BCUT2D eigenvalue weighted by Crippen LogP contribution is 2.42. The number of ether oxygens (including phenoxy) is 5. The summed E-state index contributed by atoms with van der Waals surface area (Å²) in [6.45, 7) is 1.37. The zero-order valence-corrected chi connectivity index (χ0v) is 28.0. The second-order valence-corrected chi connectivity index (χ2v) is 12.5. The average Bonchev–Trinajstić information content (AvgIpc) is 3.53. The largest absolute Gasteiger partial charge is 0.368 e. The second-order valence-electron chi connectivity index (χ2n) is 12.5. The predicted molar refractivity (Wildman–Crippen MR) is 195 cm³/mol. The minimum atomic E-state index is -0.916. The molecule has 252 valence electrons. The third-order valence-electron chi connectivity index (χ3n) is 9.10. The van der Waals surface area contributed by atoms with E-state index in [1.807, 2.05) is 84.9 Å². The molecule has 0 aromatic heterocycles. The summed E-state index contributed by atoms with van der Waals surface area (Å²) in [5.41, 5.74) is 5.32. The standard InChI is InChI=1S/C45H42O5/c1-7-19-35(20-8-1)31-46-42-41(50-44(48-33-37-23-11-3-12-24-37)43(42)47-32-36-21-9-2-10-22-36)34-49-45(38-25-13-4-14-26-38,39-27-15-5-16-28-39)40-29-17-6-18-30-40/h1-30,41-44H,31-34H2. The summed E-state index contributed by atoms with van der Waals surface area (Å²) < 4.78 is 34.0. The molecule has 6 aromatic rings. The van der Waals surface area contributed by atoms with Crippen LogP contribution in [0.4, 0.5) is 0 Å². The van der Waals surface area contributed by atoms with Crippen molar-refractivity contribution in [1.82, 2.24) is 0 Å². The molecule has 0 spiro atoms. The first-order valence-corrected chi connectivity index (χ1v) is 17.2. The van der Waals surface area contributed by atoms with Crippen molar-refractivity contribution in [1.29, 1.82) is 0 Å². The van der Waals surface area contributed by atoms with Gasteiger partial charge in [-0.3, -0.25) is 0 Å². The fourth-order valence-corrected chi connectivity index (χ4v) is 6.60. The number of hydrogen-bond acceptors (Lipinski definition) is 5. The highest BCUT2D eigenvalue weighted by atomic mass is 16.7. The van der Waals surface area contributed by atoms with Crippen LogP contribution in [0.1, 0.15) is 33.4 Å². The van der Waals surface area contributed by atoms with Crippen molar-refractivity contribution in [3.8, 4) is 0 Å². The Kier molecular flexibility index (Phi) is 11.2. The first-order valence-electron chi connectivity index (χ1n) is 17.2. The molecule has 7 rings (SSSR count). The Balaban J connectivity index is 1.23. The lowest BCUT2D eigenvalue weighted by molar-refractivity contribution is -0.193. The Hall–Kier alpha value is -4.88. The maximum Gasteiger partial charge on any atom is 0.187 e. The van der Waals surface area contributed by atoms with Crippen molar-refractivity contribution >= 4 is 0 Å². The van der Waals surface area contributed by atoms with Gasteiger partial charge in [0.15, 0.2) is 6.29 Å². The lowest BCUT2D eigenvalue weighted by atomic mass is 9.80. The summed E-state index contributed by atoms with van der Waals surface area (Å²) in [5.74, 6) is 0. The smallest absolute Gasteiger partial charge is 0.187 e. The van der Waals surface area contributed by atoms with Crippen molar-refractivity contribution in [3.05, 3.63) is 215 Å². The summed E-state index contributed by atoms with van der Waals surface area (Å²) in [7, 11) is 0. The van der Waals surface area contributed by atoms with Crippen LogP contribution in [-0.4, -0.2) is 31.2 Å². The van der Waals surface area contributed by atoms with Gasteiger partial charge in [-0.05, 0) is 33.4 Å². The molecule has 0 amide bonds. The molecule has 6 aromatic carbocycles. The van der Waals surface area contributed by atoms with Gasteiger partial charge < -0.3 is 23.7 Å². The van der Waals surface area contributed by atoms with Crippen LogP contribution in [0.5, 0.6) is 0 Å². The Labute approximate surface area is 295 Å². The zero-order chi connectivity index (χ0) is 33.9. The van der Waals surface area contributed by atoms with Gasteiger partial charge >= 0.3 is 0 Å².